The number of hydrogen-bond donors (Lipinski definition) is 0. The first kappa shape index (κ1) is 16.2. The molecule has 8 heteroatoms. The van der Waals surface area contributed by atoms with Gasteiger partial charge in [0.15, 0.2) is 5.75 Å². The van der Waals surface area contributed by atoms with Crippen molar-refractivity contribution in [2.45, 2.75) is 6.42 Å². The summed E-state index contributed by atoms with van der Waals surface area (Å²) in [5, 5.41) is 16.2. The number of nitrogens with zero attached hydrogens (tertiary/aromatic N) is 3. The van der Waals surface area contributed by atoms with E-state index in [-0.39, 0.29) is 46.9 Å². The minimum atomic E-state index is -0.549. The maximum absolute atomic E-state index is 12.8. The van der Waals surface area contributed by atoms with Crippen molar-refractivity contribution in [1.29, 1.82) is 0 Å². The summed E-state index contributed by atoms with van der Waals surface area (Å²) >= 11 is 0. The SMILES string of the molecule is COc1ccc(C=NN2C(=O)C3C4C=CC(C5CC45)C3C2=O)cc1[N+](=O)[O-]. The summed E-state index contributed by atoms with van der Waals surface area (Å²) < 4.78 is 4.97. The lowest BCUT2D eigenvalue weighted by atomic mass is 9.63. The van der Waals surface area contributed by atoms with Crippen molar-refractivity contribution in [2.75, 3.05) is 7.11 Å². The number of amides is 2. The standard InChI is InChI=1S/C19H17N3O5/c1-27-15-5-2-9(6-14(15)22(25)26)8-20-21-18(23)16-10-3-4-11(13-7-12(10)13)17(16)19(21)24/h2-6,8,10-13,16-17H,7H2,1H3. The third-order valence-corrected chi connectivity index (χ3v) is 6.36. The molecule has 0 aromatic heterocycles. The number of benzene rings is 1. The number of hydrogen-bond acceptors (Lipinski definition) is 6. The monoisotopic (exact) mass is 367 g/mol. The van der Waals surface area contributed by atoms with Crippen LogP contribution in [0.15, 0.2) is 35.5 Å². The maximum Gasteiger partial charge on any atom is 0.311 e. The van der Waals surface area contributed by atoms with Crippen molar-refractivity contribution in [1.82, 2.24) is 5.01 Å². The molecule has 1 aromatic carbocycles. The van der Waals surface area contributed by atoms with Gasteiger partial charge in [-0.05, 0) is 42.2 Å². The molecule has 1 aliphatic heterocycles. The number of rotatable bonds is 4. The molecule has 138 valence electrons. The van der Waals surface area contributed by atoms with Crippen LogP contribution in [0.25, 0.3) is 0 Å². The van der Waals surface area contributed by atoms with Crippen LogP contribution in [-0.2, 0) is 9.59 Å². The molecule has 6 atom stereocenters. The fourth-order valence-corrected chi connectivity index (χ4v) is 5.11. The number of ether oxygens (including phenoxy) is 1. The summed E-state index contributed by atoms with van der Waals surface area (Å²) in [6.45, 7) is 0. The molecule has 0 spiro atoms. The number of hydrazone groups is 1. The number of carbonyl (C=O) groups is 2. The van der Waals surface area contributed by atoms with Gasteiger partial charge in [-0.25, -0.2) is 0 Å². The van der Waals surface area contributed by atoms with Gasteiger partial charge in [0.05, 0.1) is 30.1 Å². The molecule has 0 N–H and O–H groups in total. The average molecular weight is 367 g/mol. The smallest absolute Gasteiger partial charge is 0.311 e. The molecule has 3 fully saturated rings. The third-order valence-electron chi connectivity index (χ3n) is 6.36. The first-order chi connectivity index (χ1) is 13.0. The second-order valence-electron chi connectivity index (χ2n) is 7.58. The molecule has 4 aliphatic carbocycles. The van der Waals surface area contributed by atoms with E-state index in [1.165, 1.54) is 25.5 Å². The first-order valence-corrected chi connectivity index (χ1v) is 8.94. The van der Waals surface area contributed by atoms with Gasteiger partial charge in [-0.1, -0.05) is 12.2 Å². The normalized spacial score (nSPS) is 35.5. The predicted octanol–water partition coefficient (Wildman–Crippen LogP) is 1.99. The number of nitro benzene ring substituents is 1. The zero-order valence-electron chi connectivity index (χ0n) is 14.5. The molecule has 5 aliphatic rings. The fourth-order valence-electron chi connectivity index (χ4n) is 5.11. The number of imide groups is 1. The molecule has 6 unspecified atom stereocenters. The molecule has 2 saturated carbocycles. The summed E-state index contributed by atoms with van der Waals surface area (Å²) in [5.41, 5.74) is 0.221. The van der Waals surface area contributed by atoms with Gasteiger partial charge in [0.1, 0.15) is 0 Å². The molecule has 8 nitrogen and oxygen atoms in total. The van der Waals surface area contributed by atoms with Crippen LogP contribution >= 0.6 is 0 Å². The van der Waals surface area contributed by atoms with Crippen LogP contribution in [0, 0.1) is 45.6 Å². The van der Waals surface area contributed by atoms with E-state index in [0.29, 0.717) is 17.4 Å². The minimum absolute atomic E-state index is 0.137. The van der Waals surface area contributed by atoms with E-state index < -0.39 is 4.92 Å². The van der Waals surface area contributed by atoms with Gasteiger partial charge in [0, 0.05) is 11.6 Å². The lowest BCUT2D eigenvalue weighted by Gasteiger charge is -2.37. The van der Waals surface area contributed by atoms with Gasteiger partial charge in [-0.2, -0.15) is 10.1 Å². The summed E-state index contributed by atoms with van der Waals surface area (Å²) in [6, 6.07) is 4.36. The van der Waals surface area contributed by atoms with E-state index in [0.717, 1.165) is 11.4 Å². The Labute approximate surface area is 154 Å². The highest BCUT2D eigenvalue weighted by atomic mass is 16.6. The van der Waals surface area contributed by atoms with Crippen LogP contribution in [0.2, 0.25) is 0 Å². The van der Waals surface area contributed by atoms with Crippen molar-refractivity contribution in [3.63, 3.8) is 0 Å². The van der Waals surface area contributed by atoms with Crippen LogP contribution in [0.3, 0.4) is 0 Å². The Morgan fingerprint density at radius 2 is 1.81 bits per heavy atom. The highest BCUT2D eigenvalue weighted by molar-refractivity contribution is 6.06. The van der Waals surface area contributed by atoms with Gasteiger partial charge in [0.25, 0.3) is 11.8 Å². The number of allylic oxidation sites excluding steroid dienone is 2. The molecule has 2 amide bonds. The Balaban J connectivity index is 1.42. The van der Waals surface area contributed by atoms with Crippen molar-refractivity contribution in [2.24, 2.45) is 40.6 Å². The zero-order chi connectivity index (χ0) is 18.9. The first-order valence-electron chi connectivity index (χ1n) is 8.94. The molecule has 1 heterocycles. The quantitative estimate of drug-likeness (QED) is 0.266. The topological polar surface area (TPSA) is 102 Å². The molecule has 6 rings (SSSR count). The van der Waals surface area contributed by atoms with Crippen molar-refractivity contribution >= 4 is 23.7 Å². The molecule has 27 heavy (non-hydrogen) atoms. The van der Waals surface area contributed by atoms with Crippen LogP contribution in [0.1, 0.15) is 12.0 Å². The van der Waals surface area contributed by atoms with E-state index in [2.05, 4.69) is 17.3 Å². The van der Waals surface area contributed by atoms with Gasteiger partial charge in [0.2, 0.25) is 0 Å². The third kappa shape index (κ3) is 2.19. The van der Waals surface area contributed by atoms with E-state index in [4.69, 9.17) is 4.74 Å². The van der Waals surface area contributed by atoms with Gasteiger partial charge in [-0.3, -0.25) is 19.7 Å². The maximum atomic E-state index is 12.8. The highest BCUT2D eigenvalue weighted by Gasteiger charge is 2.67. The highest BCUT2D eigenvalue weighted by Crippen LogP contribution is 2.65. The Morgan fingerprint density at radius 1 is 1.19 bits per heavy atom. The summed E-state index contributed by atoms with van der Waals surface area (Å²) in [5.74, 6) is 0.364. The Bertz CT molecular complexity index is 903. The second kappa shape index (κ2) is 5.48. The Hall–Kier alpha value is -3.03. The van der Waals surface area contributed by atoms with Crippen molar-refractivity contribution in [3.05, 3.63) is 46.0 Å². The summed E-state index contributed by atoms with van der Waals surface area (Å²) in [4.78, 5) is 36.2. The summed E-state index contributed by atoms with van der Waals surface area (Å²) in [6.07, 6.45) is 6.63. The second-order valence-corrected chi connectivity index (χ2v) is 7.58. The Kier molecular flexibility index (Phi) is 3.28. The van der Waals surface area contributed by atoms with E-state index in [9.17, 15) is 19.7 Å². The summed E-state index contributed by atoms with van der Waals surface area (Å²) in [7, 11) is 1.35. The molecular weight excluding hydrogens is 350 g/mol. The molecule has 2 bridgehead atoms. The fraction of sp³-hybridized carbons (Fsp3) is 0.421. The zero-order valence-corrected chi connectivity index (χ0v) is 14.5. The average Bonchev–Trinajstić information content (AvgIpc) is 3.45. The number of methoxy groups -OCH3 is 1. The van der Waals surface area contributed by atoms with E-state index in [1.807, 2.05) is 0 Å². The minimum Gasteiger partial charge on any atom is -0.490 e. The number of nitro groups is 1. The molecule has 0 radical (unpaired) electrons. The van der Waals surface area contributed by atoms with Crippen molar-refractivity contribution in [3.8, 4) is 5.75 Å². The van der Waals surface area contributed by atoms with Crippen LogP contribution < -0.4 is 4.74 Å². The van der Waals surface area contributed by atoms with Gasteiger partial charge >= 0.3 is 5.69 Å². The molecule has 1 saturated heterocycles. The molecule has 1 aromatic rings. The number of carbonyl (C=O) groups excluding carboxylic acids is 2. The van der Waals surface area contributed by atoms with E-state index >= 15 is 0 Å². The largest absolute Gasteiger partial charge is 0.490 e. The Morgan fingerprint density at radius 3 is 2.37 bits per heavy atom. The predicted molar refractivity (Wildman–Crippen MR) is 93.8 cm³/mol. The van der Waals surface area contributed by atoms with Crippen LogP contribution in [-0.4, -0.2) is 35.1 Å². The van der Waals surface area contributed by atoms with Crippen LogP contribution in [0.4, 0.5) is 5.69 Å². The lowest BCUT2D eigenvalue weighted by Crippen LogP contribution is -2.40. The lowest BCUT2D eigenvalue weighted by molar-refractivity contribution is -0.385. The van der Waals surface area contributed by atoms with Crippen molar-refractivity contribution < 1.29 is 19.2 Å². The van der Waals surface area contributed by atoms with E-state index in [1.54, 1.807) is 6.07 Å². The van der Waals surface area contributed by atoms with Gasteiger partial charge in [-0.15, -0.1) is 0 Å². The van der Waals surface area contributed by atoms with Crippen LogP contribution in [0.5, 0.6) is 5.75 Å². The van der Waals surface area contributed by atoms with Gasteiger partial charge < -0.3 is 4.74 Å². The molecular formula is C19H17N3O5.